The van der Waals surface area contributed by atoms with Crippen LogP contribution in [-0.2, 0) is 30.1 Å². The molecule has 0 spiro atoms. The summed E-state index contributed by atoms with van der Waals surface area (Å²) in [5.74, 6) is -9.12. The van der Waals surface area contributed by atoms with Gasteiger partial charge in [-0.2, -0.15) is 13.9 Å². The molecule has 60 heavy (non-hydrogen) atoms. The number of nitrogens with one attached hydrogen (secondary N) is 4. The van der Waals surface area contributed by atoms with E-state index in [1.165, 1.54) is 56.6 Å². The van der Waals surface area contributed by atoms with Gasteiger partial charge in [0.25, 0.3) is 17.9 Å². The van der Waals surface area contributed by atoms with E-state index in [1.807, 2.05) is 0 Å². The van der Waals surface area contributed by atoms with Crippen molar-refractivity contribution in [3.05, 3.63) is 134 Å². The van der Waals surface area contributed by atoms with E-state index in [9.17, 15) is 31.5 Å². The molecule has 4 N–H and O–H groups in total. The number of pyridine rings is 1. The van der Waals surface area contributed by atoms with E-state index < -0.39 is 84.0 Å². The highest BCUT2D eigenvalue weighted by atomic mass is 35.5. The Hall–Kier alpha value is -5.95. The third-order valence-electron chi connectivity index (χ3n) is 10.0. The molecule has 0 saturated heterocycles. The average molecular weight is 872 g/mol. The van der Waals surface area contributed by atoms with E-state index in [4.69, 9.17) is 22.0 Å². The second kappa shape index (κ2) is 16.6. The van der Waals surface area contributed by atoms with Gasteiger partial charge < -0.3 is 15.4 Å². The maximum atomic E-state index is 15.4. The van der Waals surface area contributed by atoms with Gasteiger partial charge in [-0.3, -0.25) is 24.2 Å². The van der Waals surface area contributed by atoms with Gasteiger partial charge in [0.2, 0.25) is 5.91 Å². The lowest BCUT2D eigenvalue weighted by molar-refractivity contribution is -0.123. The quantitative estimate of drug-likeness (QED) is 0.0417. The van der Waals surface area contributed by atoms with Crippen LogP contribution in [0.2, 0.25) is 5.02 Å². The largest absolute Gasteiger partial charge is 0.386 e. The van der Waals surface area contributed by atoms with E-state index in [1.54, 1.807) is 12.3 Å². The SMILES string of the molecule is CNc1c(-n2c(C(Cc3cc(F)cc(F)c3)NC(=O)Cn3nc(C(F)F)c4c3C(F)(F)C(C)C4)nc3cc(-c4ccccc4F)cnc3c2=O)ccc(Cl)c1C(=N)NSC. The van der Waals surface area contributed by atoms with Crippen LogP contribution in [0, 0.1) is 28.8 Å². The fraction of sp³-hybridized carbons (Fsp3) is 0.250. The van der Waals surface area contributed by atoms with Gasteiger partial charge in [0, 0.05) is 54.6 Å². The number of benzene rings is 3. The summed E-state index contributed by atoms with van der Waals surface area (Å²) < 4.78 is 108. The molecular formula is C40H33ClF7N9O2S. The summed E-state index contributed by atoms with van der Waals surface area (Å²) in [5.41, 5.74) is -2.78. The lowest BCUT2D eigenvalue weighted by atomic mass is 10.0. The standard InChI is InChI=1S/C40H33ClF7N9O2S/c1-18-10-24-32(36(45)46)54-56(35(24)40(18,47)48)17-30(58)52-28(13-19-11-21(42)15-22(43)12-19)38-53-27-14-20(23-6-4-5-7-26(23)44)16-51-33(27)39(59)57(38)29-9-8-25(41)31(34(29)50-2)37(49)55-60-3/h4-9,11-12,14-16,18,28,36,50H,10,13,17H2,1-3H3,(H2,49,55)(H,52,58). The highest BCUT2D eigenvalue weighted by molar-refractivity contribution is 7.97. The van der Waals surface area contributed by atoms with Gasteiger partial charge in [-0.15, -0.1) is 0 Å². The van der Waals surface area contributed by atoms with Crippen LogP contribution in [0.25, 0.3) is 27.8 Å². The number of fused-ring (bicyclic) bond motifs is 2. The number of anilines is 1. The molecule has 0 fully saturated rings. The maximum absolute atomic E-state index is 15.4. The molecule has 7 rings (SSSR count). The second-order valence-electron chi connectivity index (χ2n) is 13.9. The Bertz CT molecular complexity index is 2730. The summed E-state index contributed by atoms with van der Waals surface area (Å²) in [7, 11) is 1.49. The molecule has 312 valence electrons. The molecular weight excluding hydrogens is 839 g/mol. The molecule has 0 saturated carbocycles. The Morgan fingerprint density at radius 2 is 1.80 bits per heavy atom. The average Bonchev–Trinajstić information content (AvgIpc) is 3.66. The van der Waals surface area contributed by atoms with Crippen LogP contribution in [0.4, 0.5) is 36.4 Å². The monoisotopic (exact) mass is 871 g/mol. The molecule has 0 bridgehead atoms. The van der Waals surface area contributed by atoms with Gasteiger partial charge in [-0.05, 0) is 48.4 Å². The number of alkyl halides is 4. The van der Waals surface area contributed by atoms with Crippen LogP contribution in [0.5, 0.6) is 0 Å². The van der Waals surface area contributed by atoms with E-state index in [0.29, 0.717) is 10.7 Å². The van der Waals surface area contributed by atoms with Crippen molar-refractivity contribution in [2.75, 3.05) is 18.6 Å². The van der Waals surface area contributed by atoms with Crippen molar-refractivity contribution in [3.8, 4) is 16.8 Å². The van der Waals surface area contributed by atoms with Crippen molar-refractivity contribution in [3.63, 3.8) is 0 Å². The number of nitrogens with zero attached hydrogens (tertiary/aromatic N) is 5. The van der Waals surface area contributed by atoms with Gasteiger partial charge >= 0.3 is 0 Å². The second-order valence-corrected chi connectivity index (χ2v) is 15.0. The Kier molecular flexibility index (Phi) is 11.7. The number of hydrogen-bond acceptors (Lipinski definition) is 8. The Labute approximate surface area is 346 Å². The third-order valence-corrected chi connectivity index (χ3v) is 10.8. The van der Waals surface area contributed by atoms with Crippen LogP contribution < -0.4 is 20.9 Å². The van der Waals surface area contributed by atoms with Crippen LogP contribution >= 0.6 is 23.5 Å². The molecule has 2 atom stereocenters. The first kappa shape index (κ1) is 42.2. The van der Waals surface area contributed by atoms with E-state index in [-0.39, 0.29) is 66.9 Å². The van der Waals surface area contributed by atoms with Crippen LogP contribution in [0.3, 0.4) is 0 Å². The zero-order valence-corrected chi connectivity index (χ0v) is 33.3. The minimum absolute atomic E-state index is 0.0173. The van der Waals surface area contributed by atoms with Gasteiger partial charge in [0.15, 0.2) is 5.52 Å². The van der Waals surface area contributed by atoms with Crippen molar-refractivity contribution < 1.29 is 35.5 Å². The summed E-state index contributed by atoms with van der Waals surface area (Å²) in [4.78, 5) is 38.0. The molecule has 2 unspecified atom stereocenters. The fourth-order valence-corrected chi connectivity index (χ4v) is 7.95. The minimum atomic E-state index is -3.62. The van der Waals surface area contributed by atoms with Crippen molar-refractivity contribution in [1.29, 1.82) is 5.41 Å². The normalized spacial score (nSPS) is 15.0. The van der Waals surface area contributed by atoms with Gasteiger partial charge in [-0.25, -0.2) is 31.9 Å². The molecule has 20 heteroatoms. The number of aromatic nitrogens is 5. The molecule has 11 nitrogen and oxygen atoms in total. The molecule has 3 aromatic carbocycles. The molecule has 3 aromatic heterocycles. The summed E-state index contributed by atoms with van der Waals surface area (Å²) in [6.45, 7) is 0.178. The molecule has 6 aromatic rings. The predicted molar refractivity (Wildman–Crippen MR) is 213 cm³/mol. The van der Waals surface area contributed by atoms with Crippen LogP contribution in [0.15, 0.2) is 71.7 Å². The summed E-state index contributed by atoms with van der Waals surface area (Å²) in [6, 6.07) is 11.0. The zero-order chi connectivity index (χ0) is 43.2. The maximum Gasteiger partial charge on any atom is 0.292 e. The zero-order valence-electron chi connectivity index (χ0n) is 31.7. The number of carbonyl (C=O) groups excluding carboxylic acids is 1. The Balaban J connectivity index is 1.46. The number of amides is 1. The molecule has 1 amide bonds. The molecule has 0 radical (unpaired) electrons. The number of carbonyl (C=O) groups is 1. The predicted octanol–water partition coefficient (Wildman–Crippen LogP) is 8.27. The topological polar surface area (TPSA) is 143 Å². The lowest BCUT2D eigenvalue weighted by Crippen LogP contribution is -2.38. The Morgan fingerprint density at radius 3 is 2.47 bits per heavy atom. The van der Waals surface area contributed by atoms with E-state index in [2.05, 4.69) is 25.4 Å². The van der Waals surface area contributed by atoms with Crippen LogP contribution in [-0.4, -0.2) is 49.4 Å². The number of hydrogen-bond donors (Lipinski definition) is 4. The highest BCUT2D eigenvalue weighted by Gasteiger charge is 2.51. The van der Waals surface area contributed by atoms with Crippen molar-refractivity contribution in [1.82, 2.24) is 34.4 Å². The van der Waals surface area contributed by atoms with Crippen molar-refractivity contribution in [2.24, 2.45) is 5.92 Å². The summed E-state index contributed by atoms with van der Waals surface area (Å²) in [5, 5.41) is 18.0. The van der Waals surface area contributed by atoms with Crippen molar-refractivity contribution in [2.45, 2.75) is 44.7 Å². The van der Waals surface area contributed by atoms with Gasteiger partial charge in [-0.1, -0.05) is 48.7 Å². The minimum Gasteiger partial charge on any atom is -0.386 e. The van der Waals surface area contributed by atoms with E-state index >= 15 is 8.78 Å². The summed E-state index contributed by atoms with van der Waals surface area (Å²) >= 11 is 7.67. The smallest absolute Gasteiger partial charge is 0.292 e. The molecule has 1 aliphatic carbocycles. The van der Waals surface area contributed by atoms with Crippen LogP contribution in [0.1, 0.15) is 53.3 Å². The first-order chi connectivity index (χ1) is 28.5. The highest BCUT2D eigenvalue weighted by Crippen LogP contribution is 2.48. The van der Waals surface area contributed by atoms with E-state index in [0.717, 1.165) is 28.6 Å². The fourth-order valence-electron chi connectivity index (χ4n) is 7.40. The number of halogens is 8. The molecule has 3 heterocycles. The molecule has 1 aliphatic rings. The first-order valence-corrected chi connectivity index (χ1v) is 19.7. The summed E-state index contributed by atoms with van der Waals surface area (Å²) in [6.07, 6.45) is -1.19. The molecule has 0 aliphatic heterocycles. The number of amidine groups is 1. The lowest BCUT2D eigenvalue weighted by Gasteiger charge is -2.25. The number of rotatable bonds is 12. The van der Waals surface area contributed by atoms with Crippen molar-refractivity contribution >= 4 is 52.0 Å². The Morgan fingerprint density at radius 1 is 1.08 bits per heavy atom. The third kappa shape index (κ3) is 7.78. The first-order valence-electron chi connectivity index (χ1n) is 18.1. The van der Waals surface area contributed by atoms with Gasteiger partial charge in [0.05, 0.1) is 33.5 Å². The van der Waals surface area contributed by atoms with Gasteiger partial charge in [0.1, 0.15) is 47.0 Å².